The summed E-state index contributed by atoms with van der Waals surface area (Å²) in [6.45, 7) is 2.57. The monoisotopic (exact) mass is 237 g/mol. The normalized spacial score (nSPS) is 9.78. The second-order valence-electron chi connectivity index (χ2n) is 4.26. The van der Waals surface area contributed by atoms with Crippen LogP contribution in [0.2, 0.25) is 0 Å². The van der Waals surface area contributed by atoms with Gasteiger partial charge < -0.3 is 4.74 Å². The molecule has 0 heterocycles. The zero-order valence-electron chi connectivity index (χ0n) is 10.4. The topological polar surface area (TPSA) is 33.0 Å². The van der Waals surface area contributed by atoms with Crippen LogP contribution in [0.4, 0.5) is 0 Å². The van der Waals surface area contributed by atoms with Gasteiger partial charge in [-0.2, -0.15) is 5.26 Å². The molecular formula is C16H15NO. The van der Waals surface area contributed by atoms with Crippen molar-refractivity contribution in [3.8, 4) is 11.8 Å². The summed E-state index contributed by atoms with van der Waals surface area (Å²) in [5.41, 5.74) is 3.30. The average molecular weight is 237 g/mol. The molecule has 0 saturated carbocycles. The lowest BCUT2D eigenvalue weighted by Crippen LogP contribution is -1.96. The fraction of sp³-hybridized carbons (Fsp3) is 0.188. The van der Waals surface area contributed by atoms with Crippen molar-refractivity contribution in [1.29, 1.82) is 5.26 Å². The van der Waals surface area contributed by atoms with Crippen LogP contribution in [0.3, 0.4) is 0 Å². The Morgan fingerprint density at radius 1 is 1.06 bits per heavy atom. The summed E-state index contributed by atoms with van der Waals surface area (Å²) < 4.78 is 5.72. The van der Waals surface area contributed by atoms with Gasteiger partial charge in [0.15, 0.2) is 0 Å². The van der Waals surface area contributed by atoms with Crippen LogP contribution in [-0.4, -0.2) is 0 Å². The predicted molar refractivity (Wildman–Crippen MR) is 71.3 cm³/mol. The maximum atomic E-state index is 8.67. The number of hydrogen-bond donors (Lipinski definition) is 0. The van der Waals surface area contributed by atoms with Gasteiger partial charge in [-0.15, -0.1) is 0 Å². The lowest BCUT2D eigenvalue weighted by Gasteiger charge is -2.07. The van der Waals surface area contributed by atoms with Crippen molar-refractivity contribution in [3.05, 3.63) is 65.2 Å². The van der Waals surface area contributed by atoms with Crippen molar-refractivity contribution >= 4 is 0 Å². The third-order valence-corrected chi connectivity index (χ3v) is 2.67. The van der Waals surface area contributed by atoms with Gasteiger partial charge in [0.05, 0.1) is 12.5 Å². The molecule has 0 fully saturated rings. The zero-order chi connectivity index (χ0) is 12.8. The first kappa shape index (κ1) is 12.2. The Morgan fingerprint density at radius 2 is 1.83 bits per heavy atom. The Hall–Kier alpha value is -2.27. The standard InChI is InChI=1S/C16H15NO/c1-13-4-2-7-16(10-13)18-12-15-6-3-5-14(11-15)8-9-17/h2-7,10-11H,8,12H2,1H3. The highest BCUT2D eigenvalue weighted by molar-refractivity contribution is 5.29. The number of hydrogen-bond acceptors (Lipinski definition) is 2. The third-order valence-electron chi connectivity index (χ3n) is 2.67. The predicted octanol–water partition coefficient (Wildman–Crippen LogP) is 3.64. The summed E-state index contributed by atoms with van der Waals surface area (Å²) in [6, 6.07) is 18.1. The molecule has 0 atom stereocenters. The lowest BCUT2D eigenvalue weighted by atomic mass is 10.1. The van der Waals surface area contributed by atoms with Gasteiger partial charge in [0.25, 0.3) is 0 Å². The van der Waals surface area contributed by atoms with Crippen LogP contribution >= 0.6 is 0 Å². The maximum absolute atomic E-state index is 8.67. The van der Waals surface area contributed by atoms with Gasteiger partial charge >= 0.3 is 0 Å². The van der Waals surface area contributed by atoms with Crippen LogP contribution in [0.5, 0.6) is 5.75 Å². The molecule has 90 valence electrons. The first-order valence-electron chi connectivity index (χ1n) is 5.92. The van der Waals surface area contributed by atoms with Crippen LogP contribution in [0.15, 0.2) is 48.5 Å². The van der Waals surface area contributed by atoms with E-state index in [1.165, 1.54) is 5.56 Å². The number of nitrogens with zero attached hydrogens (tertiary/aromatic N) is 1. The lowest BCUT2D eigenvalue weighted by molar-refractivity contribution is 0.306. The quantitative estimate of drug-likeness (QED) is 0.813. The minimum Gasteiger partial charge on any atom is -0.489 e. The average Bonchev–Trinajstić information content (AvgIpc) is 2.37. The van der Waals surface area contributed by atoms with Crippen molar-refractivity contribution in [1.82, 2.24) is 0 Å². The molecule has 0 aliphatic rings. The van der Waals surface area contributed by atoms with Crippen molar-refractivity contribution in [2.24, 2.45) is 0 Å². The summed E-state index contributed by atoms with van der Waals surface area (Å²) >= 11 is 0. The van der Waals surface area contributed by atoms with E-state index in [4.69, 9.17) is 10.00 Å². The summed E-state index contributed by atoms with van der Waals surface area (Å²) in [6.07, 6.45) is 0.443. The van der Waals surface area contributed by atoms with Crippen molar-refractivity contribution in [3.63, 3.8) is 0 Å². The van der Waals surface area contributed by atoms with Gasteiger partial charge in [0, 0.05) is 0 Å². The number of benzene rings is 2. The van der Waals surface area contributed by atoms with Crippen LogP contribution in [-0.2, 0) is 13.0 Å². The summed E-state index contributed by atoms with van der Waals surface area (Å²) in [7, 11) is 0. The van der Waals surface area contributed by atoms with Crippen LogP contribution < -0.4 is 4.74 Å². The molecule has 0 saturated heterocycles. The van der Waals surface area contributed by atoms with Crippen LogP contribution in [0.25, 0.3) is 0 Å². The van der Waals surface area contributed by atoms with E-state index in [1.54, 1.807) is 0 Å². The van der Waals surface area contributed by atoms with Gasteiger partial charge in [0.1, 0.15) is 12.4 Å². The molecule has 2 aromatic carbocycles. The van der Waals surface area contributed by atoms with Gasteiger partial charge in [-0.05, 0) is 35.7 Å². The SMILES string of the molecule is Cc1cccc(OCc2cccc(CC#N)c2)c1. The van der Waals surface area contributed by atoms with Gasteiger partial charge in [-0.1, -0.05) is 36.4 Å². The van der Waals surface area contributed by atoms with Crippen molar-refractivity contribution in [2.45, 2.75) is 20.0 Å². The molecule has 0 radical (unpaired) electrons. The smallest absolute Gasteiger partial charge is 0.120 e. The third kappa shape index (κ3) is 3.36. The molecule has 0 bridgehead atoms. The summed E-state index contributed by atoms with van der Waals surface area (Å²) in [5.74, 6) is 0.876. The van der Waals surface area contributed by atoms with Crippen LogP contribution in [0, 0.1) is 18.3 Å². The fourth-order valence-corrected chi connectivity index (χ4v) is 1.79. The molecule has 0 unspecified atom stereocenters. The summed E-state index contributed by atoms with van der Waals surface area (Å²) in [5, 5.41) is 8.67. The molecule has 0 spiro atoms. The molecule has 0 amide bonds. The Kier molecular flexibility index (Phi) is 3.98. The molecule has 0 aliphatic heterocycles. The molecular weight excluding hydrogens is 222 g/mol. The maximum Gasteiger partial charge on any atom is 0.120 e. The van der Waals surface area contributed by atoms with Crippen LogP contribution in [0.1, 0.15) is 16.7 Å². The van der Waals surface area contributed by atoms with E-state index >= 15 is 0 Å². The second kappa shape index (κ2) is 5.88. The molecule has 2 aromatic rings. The Bertz CT molecular complexity index is 569. The molecule has 2 nitrogen and oxygen atoms in total. The molecule has 0 aromatic heterocycles. The number of nitriles is 1. The first-order chi connectivity index (χ1) is 8.78. The van der Waals surface area contributed by atoms with E-state index in [9.17, 15) is 0 Å². The van der Waals surface area contributed by atoms with E-state index in [1.807, 2.05) is 55.5 Å². The summed E-state index contributed by atoms with van der Waals surface area (Å²) in [4.78, 5) is 0. The van der Waals surface area contributed by atoms with Gasteiger partial charge in [0.2, 0.25) is 0 Å². The van der Waals surface area contributed by atoms with E-state index < -0.39 is 0 Å². The largest absolute Gasteiger partial charge is 0.489 e. The minimum atomic E-state index is 0.443. The Labute approximate surface area is 107 Å². The van der Waals surface area contributed by atoms with Gasteiger partial charge in [-0.3, -0.25) is 0 Å². The Morgan fingerprint density at radius 3 is 2.61 bits per heavy atom. The molecule has 0 N–H and O–H groups in total. The van der Waals surface area contributed by atoms with E-state index in [0.717, 1.165) is 16.9 Å². The highest BCUT2D eigenvalue weighted by Crippen LogP contribution is 2.15. The highest BCUT2D eigenvalue weighted by atomic mass is 16.5. The van der Waals surface area contributed by atoms with Crippen molar-refractivity contribution in [2.75, 3.05) is 0 Å². The first-order valence-corrected chi connectivity index (χ1v) is 5.92. The number of aryl methyl sites for hydroxylation is 1. The zero-order valence-corrected chi connectivity index (χ0v) is 10.4. The molecule has 2 heteroatoms. The molecule has 18 heavy (non-hydrogen) atoms. The van der Waals surface area contributed by atoms with E-state index in [0.29, 0.717) is 13.0 Å². The number of ether oxygens (including phenoxy) is 1. The van der Waals surface area contributed by atoms with E-state index in [2.05, 4.69) is 6.07 Å². The highest BCUT2D eigenvalue weighted by Gasteiger charge is 1.98. The second-order valence-corrected chi connectivity index (χ2v) is 4.26. The number of rotatable bonds is 4. The Balaban J connectivity index is 2.02. The van der Waals surface area contributed by atoms with E-state index in [-0.39, 0.29) is 0 Å². The van der Waals surface area contributed by atoms with Gasteiger partial charge in [-0.25, -0.2) is 0 Å². The molecule has 0 aliphatic carbocycles. The minimum absolute atomic E-state index is 0.443. The fourth-order valence-electron chi connectivity index (χ4n) is 1.79. The molecule has 2 rings (SSSR count). The van der Waals surface area contributed by atoms with Crippen molar-refractivity contribution < 1.29 is 4.74 Å².